The van der Waals surface area contributed by atoms with Crippen molar-refractivity contribution in [2.45, 2.75) is 13.3 Å². The Kier molecular flexibility index (Phi) is 3.91. The van der Waals surface area contributed by atoms with E-state index in [2.05, 4.69) is 9.98 Å². The summed E-state index contributed by atoms with van der Waals surface area (Å²) in [7, 11) is 1.59. The maximum atomic E-state index is 5.68. The van der Waals surface area contributed by atoms with E-state index in [1.807, 2.05) is 19.1 Å². The quantitative estimate of drug-likeness (QED) is 0.573. The summed E-state index contributed by atoms with van der Waals surface area (Å²) in [4.78, 5) is 8.18. The highest BCUT2D eigenvalue weighted by Crippen LogP contribution is 2.06. The lowest BCUT2D eigenvalue weighted by atomic mass is 10.2. The van der Waals surface area contributed by atoms with Crippen molar-refractivity contribution in [3.8, 4) is 5.88 Å². The van der Waals surface area contributed by atoms with E-state index in [1.54, 1.807) is 13.3 Å². The van der Waals surface area contributed by atoms with Crippen LogP contribution in [-0.2, 0) is 6.42 Å². The molecule has 1 rings (SSSR count). The lowest BCUT2D eigenvalue weighted by Crippen LogP contribution is -2.15. The Bertz CT molecular complexity index is 306. The molecule has 0 aromatic carbocycles. The summed E-state index contributed by atoms with van der Waals surface area (Å²) in [5, 5.41) is 0. The number of amidine groups is 1. The monoisotopic (exact) mass is 193 g/mol. The highest BCUT2D eigenvalue weighted by molar-refractivity contribution is 5.82. The third-order valence-corrected chi connectivity index (χ3v) is 1.75. The van der Waals surface area contributed by atoms with E-state index >= 15 is 0 Å². The largest absolute Gasteiger partial charge is 0.481 e. The number of aliphatic imine (C=N–C) groups is 1. The fraction of sp³-hybridized carbons (Fsp3) is 0.400. The minimum absolute atomic E-state index is 0.611. The van der Waals surface area contributed by atoms with Crippen molar-refractivity contribution < 1.29 is 4.74 Å². The van der Waals surface area contributed by atoms with Crippen LogP contribution in [0.15, 0.2) is 23.3 Å². The molecule has 0 aliphatic heterocycles. The van der Waals surface area contributed by atoms with Crippen LogP contribution in [0.4, 0.5) is 0 Å². The molecule has 0 unspecified atom stereocenters. The molecule has 0 fully saturated rings. The van der Waals surface area contributed by atoms with Gasteiger partial charge in [0.1, 0.15) is 0 Å². The van der Waals surface area contributed by atoms with Crippen LogP contribution in [0.25, 0.3) is 0 Å². The molecule has 0 radical (unpaired) electrons. The zero-order valence-corrected chi connectivity index (χ0v) is 8.53. The second-order valence-electron chi connectivity index (χ2n) is 2.85. The third-order valence-electron chi connectivity index (χ3n) is 1.75. The minimum atomic E-state index is 0.611. The van der Waals surface area contributed by atoms with Gasteiger partial charge >= 0.3 is 0 Å². The summed E-state index contributed by atoms with van der Waals surface area (Å²) >= 11 is 0. The van der Waals surface area contributed by atoms with Crippen molar-refractivity contribution in [3.63, 3.8) is 0 Å². The van der Waals surface area contributed by atoms with Crippen LogP contribution in [0, 0.1) is 0 Å². The fourth-order valence-corrected chi connectivity index (χ4v) is 1.10. The Morgan fingerprint density at radius 3 is 2.86 bits per heavy atom. The van der Waals surface area contributed by atoms with Gasteiger partial charge in [-0.3, -0.25) is 4.99 Å². The zero-order valence-electron chi connectivity index (χ0n) is 8.53. The molecule has 4 nitrogen and oxygen atoms in total. The van der Waals surface area contributed by atoms with Crippen molar-refractivity contribution in [1.82, 2.24) is 4.98 Å². The molecule has 0 aliphatic rings. The van der Waals surface area contributed by atoms with Crippen LogP contribution in [0.3, 0.4) is 0 Å². The average Bonchev–Trinajstić information content (AvgIpc) is 2.19. The molecule has 0 saturated heterocycles. The Morgan fingerprint density at radius 2 is 2.36 bits per heavy atom. The van der Waals surface area contributed by atoms with Crippen LogP contribution >= 0.6 is 0 Å². The van der Waals surface area contributed by atoms with Crippen LogP contribution < -0.4 is 10.5 Å². The number of rotatable bonds is 4. The first-order valence-electron chi connectivity index (χ1n) is 4.54. The summed E-state index contributed by atoms with van der Waals surface area (Å²) in [5.41, 5.74) is 6.72. The molecule has 0 saturated carbocycles. The van der Waals surface area contributed by atoms with Gasteiger partial charge in [0.15, 0.2) is 0 Å². The molecule has 4 heteroatoms. The number of hydrogen-bond donors (Lipinski definition) is 1. The lowest BCUT2D eigenvalue weighted by molar-refractivity contribution is 0.397. The first kappa shape index (κ1) is 10.5. The number of nitrogens with two attached hydrogens (primary N) is 1. The van der Waals surface area contributed by atoms with E-state index in [1.165, 1.54) is 0 Å². The summed E-state index contributed by atoms with van der Waals surface area (Å²) in [6, 6.07) is 3.75. The molecule has 0 atom stereocenters. The van der Waals surface area contributed by atoms with Crippen molar-refractivity contribution >= 4 is 5.84 Å². The van der Waals surface area contributed by atoms with E-state index in [9.17, 15) is 0 Å². The standard InChI is InChI=1S/C10H15N3O/c1-3-12-9(11)6-8-4-5-10(14-2)13-7-8/h4-5,7H,3,6H2,1-2H3,(H2,11,12). The molecule has 14 heavy (non-hydrogen) atoms. The van der Waals surface area contributed by atoms with Crippen molar-refractivity contribution in [1.29, 1.82) is 0 Å². The Hall–Kier alpha value is -1.58. The molecular weight excluding hydrogens is 178 g/mol. The van der Waals surface area contributed by atoms with Crippen molar-refractivity contribution in [3.05, 3.63) is 23.9 Å². The Balaban J connectivity index is 2.64. The molecule has 1 heterocycles. The predicted octanol–water partition coefficient (Wildman–Crippen LogP) is 1.01. The topological polar surface area (TPSA) is 60.5 Å². The van der Waals surface area contributed by atoms with Gasteiger partial charge in [0.2, 0.25) is 5.88 Å². The molecule has 0 bridgehead atoms. The summed E-state index contributed by atoms with van der Waals surface area (Å²) < 4.78 is 4.95. The summed E-state index contributed by atoms with van der Waals surface area (Å²) in [5.74, 6) is 1.25. The van der Waals surface area contributed by atoms with Crippen LogP contribution in [-0.4, -0.2) is 24.5 Å². The van der Waals surface area contributed by atoms with Gasteiger partial charge < -0.3 is 10.5 Å². The SMILES string of the molecule is CCN=C(N)Cc1ccc(OC)nc1. The van der Waals surface area contributed by atoms with E-state index in [4.69, 9.17) is 10.5 Å². The maximum Gasteiger partial charge on any atom is 0.212 e. The van der Waals surface area contributed by atoms with Gasteiger partial charge in [-0.25, -0.2) is 4.98 Å². The van der Waals surface area contributed by atoms with Gasteiger partial charge in [0.25, 0.3) is 0 Å². The molecule has 0 aliphatic carbocycles. The average molecular weight is 193 g/mol. The lowest BCUT2D eigenvalue weighted by Gasteiger charge is -2.02. The van der Waals surface area contributed by atoms with E-state index in [-0.39, 0.29) is 0 Å². The minimum Gasteiger partial charge on any atom is -0.481 e. The highest BCUT2D eigenvalue weighted by Gasteiger charge is 1.97. The van der Waals surface area contributed by atoms with E-state index in [0.717, 1.165) is 12.1 Å². The first-order chi connectivity index (χ1) is 6.76. The van der Waals surface area contributed by atoms with E-state index < -0.39 is 0 Å². The smallest absolute Gasteiger partial charge is 0.212 e. The second kappa shape index (κ2) is 5.21. The van der Waals surface area contributed by atoms with Gasteiger partial charge in [-0.05, 0) is 12.5 Å². The maximum absolute atomic E-state index is 5.68. The predicted molar refractivity (Wildman–Crippen MR) is 56.7 cm³/mol. The van der Waals surface area contributed by atoms with Crippen LogP contribution in [0.5, 0.6) is 5.88 Å². The van der Waals surface area contributed by atoms with Gasteiger partial charge in [0.05, 0.1) is 12.9 Å². The normalized spacial score (nSPS) is 11.4. The fourth-order valence-electron chi connectivity index (χ4n) is 1.10. The van der Waals surface area contributed by atoms with Gasteiger partial charge in [0, 0.05) is 25.2 Å². The number of aromatic nitrogens is 1. The number of hydrogen-bond acceptors (Lipinski definition) is 3. The summed E-state index contributed by atoms with van der Waals surface area (Å²) in [6.45, 7) is 2.68. The molecule has 0 spiro atoms. The van der Waals surface area contributed by atoms with Crippen LogP contribution in [0.1, 0.15) is 12.5 Å². The molecule has 76 valence electrons. The number of ether oxygens (including phenoxy) is 1. The number of pyridine rings is 1. The first-order valence-corrected chi connectivity index (χ1v) is 4.54. The summed E-state index contributed by atoms with van der Waals surface area (Å²) in [6.07, 6.45) is 2.39. The van der Waals surface area contributed by atoms with Gasteiger partial charge in [-0.15, -0.1) is 0 Å². The second-order valence-corrected chi connectivity index (χ2v) is 2.85. The van der Waals surface area contributed by atoms with Gasteiger partial charge in [-0.2, -0.15) is 0 Å². The van der Waals surface area contributed by atoms with E-state index in [0.29, 0.717) is 18.1 Å². The molecule has 1 aromatic heterocycles. The Labute approximate surface area is 83.8 Å². The third kappa shape index (κ3) is 3.05. The molecule has 0 amide bonds. The van der Waals surface area contributed by atoms with Crippen molar-refractivity contribution in [2.75, 3.05) is 13.7 Å². The Morgan fingerprint density at radius 1 is 1.57 bits per heavy atom. The zero-order chi connectivity index (χ0) is 10.4. The molecular formula is C10H15N3O. The highest BCUT2D eigenvalue weighted by atomic mass is 16.5. The number of nitrogens with zero attached hydrogens (tertiary/aromatic N) is 2. The number of methoxy groups -OCH3 is 1. The molecule has 1 aromatic rings. The van der Waals surface area contributed by atoms with Crippen LogP contribution in [0.2, 0.25) is 0 Å². The van der Waals surface area contributed by atoms with Crippen molar-refractivity contribution in [2.24, 2.45) is 10.7 Å². The van der Waals surface area contributed by atoms with Gasteiger partial charge in [-0.1, -0.05) is 6.07 Å². The molecule has 2 N–H and O–H groups in total.